The number of carbonyl (C=O) groups excluding carboxylic acids is 1. The molecule has 9 heteroatoms. The molecule has 0 saturated carbocycles. The van der Waals surface area contributed by atoms with E-state index in [2.05, 4.69) is 9.46 Å². The van der Waals surface area contributed by atoms with Crippen LogP contribution in [-0.4, -0.2) is 38.2 Å². The van der Waals surface area contributed by atoms with Crippen molar-refractivity contribution in [3.8, 4) is 0 Å². The second kappa shape index (κ2) is 8.75. The highest BCUT2D eigenvalue weighted by Crippen LogP contribution is 2.09. The van der Waals surface area contributed by atoms with Gasteiger partial charge in [-0.2, -0.15) is 13.1 Å². The summed E-state index contributed by atoms with van der Waals surface area (Å²) in [5.41, 5.74) is 0. The molecule has 0 aromatic heterocycles. The van der Waals surface area contributed by atoms with E-state index >= 15 is 0 Å². The lowest BCUT2D eigenvalue weighted by Gasteiger charge is -2.15. The van der Waals surface area contributed by atoms with Crippen molar-refractivity contribution in [1.82, 2.24) is 9.44 Å². The zero-order valence-corrected chi connectivity index (χ0v) is 12.7. The highest BCUT2D eigenvalue weighted by molar-refractivity contribution is 7.88. The standard InChI is InChI=1S/C11H22N2O6S/c1-4-19-11(16)13-20(17,18)12-9(3)7-5-6-8(2)10(14)15/h8-9,12H,4-7H2,1-3H3,(H,13,16)(H,14,15). The first-order valence-electron chi connectivity index (χ1n) is 6.37. The van der Waals surface area contributed by atoms with Gasteiger partial charge in [-0.1, -0.05) is 13.3 Å². The molecule has 1 amide bonds. The third-order valence-corrected chi connectivity index (χ3v) is 3.69. The van der Waals surface area contributed by atoms with Gasteiger partial charge in [0.15, 0.2) is 0 Å². The Balaban J connectivity index is 4.09. The number of amides is 1. The van der Waals surface area contributed by atoms with E-state index in [1.807, 2.05) is 0 Å². The fraction of sp³-hybridized carbons (Fsp3) is 0.818. The molecule has 20 heavy (non-hydrogen) atoms. The molecular formula is C11H22N2O6S. The summed E-state index contributed by atoms with van der Waals surface area (Å²) in [4.78, 5) is 21.6. The number of aliphatic carboxylic acids is 1. The van der Waals surface area contributed by atoms with Crippen LogP contribution >= 0.6 is 0 Å². The molecule has 2 unspecified atom stereocenters. The third kappa shape index (κ3) is 8.70. The van der Waals surface area contributed by atoms with Crippen LogP contribution in [0.25, 0.3) is 0 Å². The normalized spacial score (nSPS) is 14.3. The van der Waals surface area contributed by atoms with Crippen molar-refractivity contribution in [2.75, 3.05) is 6.61 Å². The average Bonchev–Trinajstić information content (AvgIpc) is 2.26. The van der Waals surface area contributed by atoms with Gasteiger partial charge >= 0.3 is 22.3 Å². The van der Waals surface area contributed by atoms with Crippen LogP contribution in [0.4, 0.5) is 4.79 Å². The molecule has 118 valence electrons. The van der Waals surface area contributed by atoms with Crippen molar-refractivity contribution in [2.45, 2.75) is 46.1 Å². The van der Waals surface area contributed by atoms with Gasteiger partial charge in [0.25, 0.3) is 0 Å². The zero-order valence-electron chi connectivity index (χ0n) is 11.9. The largest absolute Gasteiger partial charge is 0.481 e. The van der Waals surface area contributed by atoms with Crippen molar-refractivity contribution in [2.24, 2.45) is 5.92 Å². The van der Waals surface area contributed by atoms with Gasteiger partial charge in [0.2, 0.25) is 0 Å². The molecule has 3 N–H and O–H groups in total. The number of carbonyl (C=O) groups is 2. The van der Waals surface area contributed by atoms with E-state index in [0.29, 0.717) is 19.3 Å². The Morgan fingerprint density at radius 3 is 2.35 bits per heavy atom. The number of nitrogens with one attached hydrogen (secondary N) is 2. The van der Waals surface area contributed by atoms with Crippen molar-refractivity contribution in [1.29, 1.82) is 0 Å². The SMILES string of the molecule is CCOC(=O)NS(=O)(=O)NC(C)CCCC(C)C(=O)O. The maximum atomic E-state index is 11.5. The van der Waals surface area contributed by atoms with Crippen LogP contribution < -0.4 is 9.44 Å². The number of carboxylic acids is 1. The Kier molecular flexibility index (Phi) is 8.16. The number of carboxylic acid groups (broad SMARTS) is 1. The molecule has 0 aromatic rings. The fourth-order valence-corrected chi connectivity index (χ4v) is 2.46. The first-order valence-corrected chi connectivity index (χ1v) is 7.86. The van der Waals surface area contributed by atoms with Crippen molar-refractivity contribution in [3.63, 3.8) is 0 Å². The van der Waals surface area contributed by atoms with Crippen molar-refractivity contribution >= 4 is 22.3 Å². The maximum absolute atomic E-state index is 11.5. The van der Waals surface area contributed by atoms with E-state index in [-0.39, 0.29) is 6.61 Å². The Morgan fingerprint density at radius 2 is 1.85 bits per heavy atom. The van der Waals surface area contributed by atoms with Crippen LogP contribution in [0.1, 0.15) is 40.0 Å². The lowest BCUT2D eigenvalue weighted by Crippen LogP contribution is -2.44. The average molecular weight is 310 g/mol. The summed E-state index contributed by atoms with van der Waals surface area (Å²) in [5, 5.41) is 8.71. The Hall–Kier alpha value is -1.35. The van der Waals surface area contributed by atoms with Gasteiger partial charge in [-0.25, -0.2) is 9.52 Å². The summed E-state index contributed by atoms with van der Waals surface area (Å²) >= 11 is 0. The van der Waals surface area contributed by atoms with Crippen LogP contribution in [0.5, 0.6) is 0 Å². The van der Waals surface area contributed by atoms with Gasteiger partial charge in [0.05, 0.1) is 12.5 Å². The highest BCUT2D eigenvalue weighted by atomic mass is 32.2. The van der Waals surface area contributed by atoms with Gasteiger partial charge < -0.3 is 9.84 Å². The van der Waals surface area contributed by atoms with Gasteiger partial charge in [-0.15, -0.1) is 0 Å². The first kappa shape index (κ1) is 18.7. The molecule has 2 atom stereocenters. The Bertz CT molecular complexity index is 423. The summed E-state index contributed by atoms with van der Waals surface area (Å²) in [5.74, 6) is -1.33. The van der Waals surface area contributed by atoms with Gasteiger partial charge in [-0.3, -0.25) is 4.79 Å². The minimum absolute atomic E-state index is 0.0734. The molecule has 0 spiro atoms. The number of rotatable bonds is 9. The van der Waals surface area contributed by atoms with E-state index in [4.69, 9.17) is 5.11 Å². The monoisotopic (exact) mass is 310 g/mol. The second-order valence-corrected chi connectivity index (χ2v) is 5.96. The van der Waals surface area contributed by atoms with Crippen LogP contribution in [0.3, 0.4) is 0 Å². The lowest BCUT2D eigenvalue weighted by atomic mass is 10.0. The van der Waals surface area contributed by atoms with E-state index in [0.717, 1.165) is 0 Å². The molecule has 0 heterocycles. The smallest absolute Gasteiger partial charge is 0.421 e. The topological polar surface area (TPSA) is 122 Å². The Labute approximate surface area is 119 Å². The Morgan fingerprint density at radius 1 is 1.25 bits per heavy atom. The molecule has 0 aliphatic rings. The molecule has 0 saturated heterocycles. The minimum Gasteiger partial charge on any atom is -0.481 e. The molecule has 0 radical (unpaired) electrons. The molecule has 0 rings (SSSR count). The minimum atomic E-state index is -3.96. The van der Waals surface area contributed by atoms with Crippen molar-refractivity contribution in [3.05, 3.63) is 0 Å². The molecule has 0 aromatic carbocycles. The van der Waals surface area contributed by atoms with Gasteiger partial charge in [0, 0.05) is 6.04 Å². The summed E-state index contributed by atoms with van der Waals surface area (Å²) in [6.45, 7) is 4.87. The molecular weight excluding hydrogens is 288 g/mol. The van der Waals surface area contributed by atoms with E-state index in [1.165, 1.54) is 0 Å². The fourth-order valence-electron chi connectivity index (χ4n) is 1.48. The maximum Gasteiger partial charge on any atom is 0.421 e. The molecule has 0 aliphatic heterocycles. The summed E-state index contributed by atoms with van der Waals surface area (Å²) in [6, 6.07) is -0.414. The molecule has 0 aliphatic carbocycles. The molecule has 8 nitrogen and oxygen atoms in total. The van der Waals surface area contributed by atoms with Crippen LogP contribution in [0.15, 0.2) is 0 Å². The van der Waals surface area contributed by atoms with E-state index in [1.54, 1.807) is 25.5 Å². The highest BCUT2D eigenvalue weighted by Gasteiger charge is 2.18. The predicted molar refractivity (Wildman–Crippen MR) is 72.3 cm³/mol. The van der Waals surface area contributed by atoms with Crippen LogP contribution in [-0.2, 0) is 19.7 Å². The summed E-state index contributed by atoms with van der Waals surface area (Å²) in [7, 11) is -3.96. The third-order valence-electron chi connectivity index (χ3n) is 2.55. The number of hydrogen-bond donors (Lipinski definition) is 3. The van der Waals surface area contributed by atoms with E-state index in [9.17, 15) is 18.0 Å². The predicted octanol–water partition coefficient (Wildman–Crippen LogP) is 0.846. The van der Waals surface area contributed by atoms with Crippen molar-refractivity contribution < 1.29 is 27.9 Å². The molecule has 0 bridgehead atoms. The number of ether oxygens (including phenoxy) is 1. The zero-order chi connectivity index (χ0) is 15.8. The first-order chi connectivity index (χ1) is 9.18. The molecule has 0 fully saturated rings. The summed E-state index contributed by atoms with van der Waals surface area (Å²) < 4.78 is 31.5. The number of hydrogen-bond acceptors (Lipinski definition) is 5. The summed E-state index contributed by atoms with van der Waals surface area (Å²) in [6.07, 6.45) is 0.469. The second-order valence-electron chi connectivity index (χ2n) is 4.52. The quantitative estimate of drug-likeness (QED) is 0.580. The van der Waals surface area contributed by atoms with Gasteiger partial charge in [-0.05, 0) is 26.7 Å². The van der Waals surface area contributed by atoms with E-state index < -0.39 is 34.2 Å². The lowest BCUT2D eigenvalue weighted by molar-refractivity contribution is -0.141. The van der Waals surface area contributed by atoms with Crippen LogP contribution in [0.2, 0.25) is 0 Å². The van der Waals surface area contributed by atoms with Crippen LogP contribution in [0, 0.1) is 5.92 Å². The van der Waals surface area contributed by atoms with Gasteiger partial charge in [0.1, 0.15) is 0 Å².